The van der Waals surface area contributed by atoms with Crippen LogP contribution in [0.25, 0.3) is 0 Å². The van der Waals surface area contributed by atoms with Gasteiger partial charge in [-0.25, -0.2) is 0 Å². The van der Waals surface area contributed by atoms with Gasteiger partial charge < -0.3 is 10.5 Å². The molecule has 2 aromatic rings. The van der Waals surface area contributed by atoms with E-state index in [0.29, 0.717) is 6.61 Å². The molecule has 0 radical (unpaired) electrons. The predicted octanol–water partition coefficient (Wildman–Crippen LogP) is 5.25. The zero-order valence-electron chi connectivity index (χ0n) is 12.2. The lowest BCUT2D eigenvalue weighted by Crippen LogP contribution is -2.12. The summed E-state index contributed by atoms with van der Waals surface area (Å²) in [5, 5.41) is 0.760. The highest BCUT2D eigenvalue weighted by molar-refractivity contribution is 9.10. The summed E-state index contributed by atoms with van der Waals surface area (Å²) >= 11 is 9.60. The highest BCUT2D eigenvalue weighted by atomic mass is 79.9. The van der Waals surface area contributed by atoms with Gasteiger partial charge in [-0.2, -0.15) is 0 Å². The van der Waals surface area contributed by atoms with Gasteiger partial charge in [0, 0.05) is 5.02 Å². The lowest BCUT2D eigenvalue weighted by atomic mass is 9.98. The summed E-state index contributed by atoms with van der Waals surface area (Å²) in [7, 11) is 0. The molecule has 0 aliphatic heterocycles. The summed E-state index contributed by atoms with van der Waals surface area (Å²) in [4.78, 5) is 0. The Balaban J connectivity index is 2.24. The average molecular weight is 369 g/mol. The summed E-state index contributed by atoms with van der Waals surface area (Å²) in [6.07, 6.45) is 0.984. The van der Waals surface area contributed by atoms with E-state index in [1.165, 1.54) is 0 Å². The van der Waals surface area contributed by atoms with E-state index < -0.39 is 0 Å². The standard InChI is InChI=1S/C17H19BrClNO/c1-3-8-21-16-7-5-13(10-14(16)18)17(20)12-4-6-15(19)11(2)9-12/h4-7,9-10,17H,3,8,20H2,1-2H3. The molecule has 0 fully saturated rings. The Morgan fingerprint density at radius 3 is 2.48 bits per heavy atom. The van der Waals surface area contributed by atoms with Gasteiger partial charge in [-0.15, -0.1) is 0 Å². The van der Waals surface area contributed by atoms with E-state index in [1.807, 2.05) is 43.3 Å². The molecule has 0 bridgehead atoms. The molecular weight excluding hydrogens is 350 g/mol. The Hall–Kier alpha value is -1.03. The van der Waals surface area contributed by atoms with Gasteiger partial charge >= 0.3 is 0 Å². The highest BCUT2D eigenvalue weighted by Gasteiger charge is 2.12. The molecule has 0 aliphatic carbocycles. The zero-order valence-corrected chi connectivity index (χ0v) is 14.5. The van der Waals surface area contributed by atoms with Crippen molar-refractivity contribution in [3.8, 4) is 5.75 Å². The summed E-state index contributed by atoms with van der Waals surface area (Å²) in [6.45, 7) is 4.78. The van der Waals surface area contributed by atoms with Gasteiger partial charge in [-0.05, 0) is 64.2 Å². The van der Waals surface area contributed by atoms with Gasteiger partial charge in [0.1, 0.15) is 5.75 Å². The summed E-state index contributed by atoms with van der Waals surface area (Å²) in [6, 6.07) is 11.7. The van der Waals surface area contributed by atoms with Crippen molar-refractivity contribution >= 4 is 27.5 Å². The predicted molar refractivity (Wildman–Crippen MR) is 92.1 cm³/mol. The van der Waals surface area contributed by atoms with Gasteiger partial charge in [-0.3, -0.25) is 0 Å². The Bertz CT molecular complexity index is 630. The second-order valence-corrected chi connectivity index (χ2v) is 6.29. The summed E-state index contributed by atoms with van der Waals surface area (Å²) < 4.78 is 6.58. The molecule has 0 saturated carbocycles. The summed E-state index contributed by atoms with van der Waals surface area (Å²) in [5.41, 5.74) is 9.47. The number of aryl methyl sites for hydroxylation is 1. The second kappa shape index (κ2) is 7.30. The van der Waals surface area contributed by atoms with Gasteiger partial charge in [-0.1, -0.05) is 36.7 Å². The molecule has 0 aliphatic rings. The molecule has 0 spiro atoms. The third kappa shape index (κ3) is 4.00. The van der Waals surface area contributed by atoms with Gasteiger partial charge in [0.2, 0.25) is 0 Å². The molecule has 2 aromatic carbocycles. The fourth-order valence-electron chi connectivity index (χ4n) is 2.09. The topological polar surface area (TPSA) is 35.2 Å². The summed E-state index contributed by atoms with van der Waals surface area (Å²) in [5.74, 6) is 0.847. The first-order valence-electron chi connectivity index (χ1n) is 6.96. The van der Waals surface area contributed by atoms with Crippen LogP contribution in [0, 0.1) is 6.92 Å². The quantitative estimate of drug-likeness (QED) is 0.782. The monoisotopic (exact) mass is 367 g/mol. The fourth-order valence-corrected chi connectivity index (χ4v) is 2.72. The Morgan fingerprint density at radius 1 is 1.19 bits per heavy atom. The SMILES string of the molecule is CCCOc1ccc(C(N)c2ccc(Cl)c(C)c2)cc1Br. The van der Waals surface area contributed by atoms with Gasteiger partial charge in [0.05, 0.1) is 17.1 Å². The second-order valence-electron chi connectivity index (χ2n) is 5.02. The van der Waals surface area contributed by atoms with E-state index in [-0.39, 0.29) is 6.04 Å². The van der Waals surface area contributed by atoms with Crippen LogP contribution in [0.15, 0.2) is 40.9 Å². The number of halogens is 2. The van der Waals surface area contributed by atoms with Crippen LogP contribution in [0.3, 0.4) is 0 Å². The number of benzene rings is 2. The molecule has 1 unspecified atom stereocenters. The average Bonchev–Trinajstić information content (AvgIpc) is 2.48. The minimum Gasteiger partial charge on any atom is -0.492 e. The first-order valence-corrected chi connectivity index (χ1v) is 8.14. The van der Waals surface area contributed by atoms with Crippen LogP contribution < -0.4 is 10.5 Å². The molecule has 2 N–H and O–H groups in total. The van der Waals surface area contributed by atoms with Crippen LogP contribution in [0.2, 0.25) is 5.02 Å². The minimum absolute atomic E-state index is 0.183. The molecule has 0 heterocycles. The largest absolute Gasteiger partial charge is 0.492 e. The number of nitrogens with two attached hydrogens (primary N) is 1. The molecule has 0 saturated heterocycles. The maximum Gasteiger partial charge on any atom is 0.133 e. The third-order valence-electron chi connectivity index (χ3n) is 3.32. The third-order valence-corrected chi connectivity index (χ3v) is 4.36. The van der Waals surface area contributed by atoms with E-state index in [0.717, 1.165) is 38.4 Å². The molecule has 112 valence electrons. The first kappa shape index (κ1) is 16.3. The van der Waals surface area contributed by atoms with Crippen molar-refractivity contribution in [2.45, 2.75) is 26.3 Å². The maximum atomic E-state index is 6.35. The van der Waals surface area contributed by atoms with Crippen LogP contribution in [-0.2, 0) is 0 Å². The van der Waals surface area contributed by atoms with E-state index in [4.69, 9.17) is 22.1 Å². The van der Waals surface area contributed by atoms with E-state index >= 15 is 0 Å². The van der Waals surface area contributed by atoms with Crippen molar-refractivity contribution in [1.82, 2.24) is 0 Å². The number of hydrogen-bond donors (Lipinski definition) is 1. The minimum atomic E-state index is -0.183. The molecule has 4 heteroatoms. The maximum absolute atomic E-state index is 6.35. The van der Waals surface area contributed by atoms with E-state index in [1.54, 1.807) is 0 Å². The Labute approximate surface area is 139 Å². The molecule has 1 atom stereocenters. The number of hydrogen-bond acceptors (Lipinski definition) is 2. The van der Waals surface area contributed by atoms with Crippen molar-refractivity contribution in [2.75, 3.05) is 6.61 Å². The van der Waals surface area contributed by atoms with Crippen molar-refractivity contribution < 1.29 is 4.74 Å². The normalized spacial score (nSPS) is 12.2. The Kier molecular flexibility index (Phi) is 5.68. The van der Waals surface area contributed by atoms with Crippen LogP contribution in [0.1, 0.15) is 36.1 Å². The molecule has 0 amide bonds. The van der Waals surface area contributed by atoms with Crippen molar-refractivity contribution in [3.63, 3.8) is 0 Å². The number of ether oxygens (including phenoxy) is 1. The lowest BCUT2D eigenvalue weighted by molar-refractivity contribution is 0.315. The molecule has 21 heavy (non-hydrogen) atoms. The lowest BCUT2D eigenvalue weighted by Gasteiger charge is -2.16. The molecular formula is C17H19BrClNO. The van der Waals surface area contributed by atoms with Crippen molar-refractivity contribution in [2.24, 2.45) is 5.73 Å². The van der Waals surface area contributed by atoms with Crippen LogP contribution in [0.4, 0.5) is 0 Å². The van der Waals surface area contributed by atoms with Gasteiger partial charge in [0.25, 0.3) is 0 Å². The smallest absolute Gasteiger partial charge is 0.133 e. The molecule has 2 nitrogen and oxygen atoms in total. The number of rotatable bonds is 5. The van der Waals surface area contributed by atoms with Crippen LogP contribution >= 0.6 is 27.5 Å². The van der Waals surface area contributed by atoms with E-state index in [2.05, 4.69) is 22.9 Å². The highest BCUT2D eigenvalue weighted by Crippen LogP contribution is 2.31. The molecule has 0 aromatic heterocycles. The van der Waals surface area contributed by atoms with Crippen molar-refractivity contribution in [3.05, 3.63) is 62.6 Å². The molecule has 2 rings (SSSR count). The first-order chi connectivity index (χ1) is 10.0. The van der Waals surface area contributed by atoms with Gasteiger partial charge in [0.15, 0.2) is 0 Å². The van der Waals surface area contributed by atoms with Crippen molar-refractivity contribution in [1.29, 1.82) is 0 Å². The Morgan fingerprint density at radius 2 is 1.86 bits per heavy atom. The van der Waals surface area contributed by atoms with Crippen LogP contribution in [0.5, 0.6) is 5.75 Å². The zero-order chi connectivity index (χ0) is 15.4. The van der Waals surface area contributed by atoms with Crippen LogP contribution in [-0.4, -0.2) is 6.61 Å². The van der Waals surface area contributed by atoms with E-state index in [9.17, 15) is 0 Å². The fraction of sp³-hybridized carbons (Fsp3) is 0.294.